The van der Waals surface area contributed by atoms with Gasteiger partial charge in [-0.05, 0) is 49.2 Å². The molecule has 2 aromatic rings. The Hall–Kier alpha value is -2.20. The number of halogens is 1. The summed E-state index contributed by atoms with van der Waals surface area (Å²) < 4.78 is 0. The lowest BCUT2D eigenvalue weighted by Gasteiger charge is -2.14. The van der Waals surface area contributed by atoms with Gasteiger partial charge >= 0.3 is 6.03 Å². The molecule has 0 radical (unpaired) electrons. The molecule has 5 heteroatoms. The highest BCUT2D eigenvalue weighted by atomic mass is 35.5. The molecule has 0 aromatic heterocycles. The number of hydrogen-bond donors (Lipinski definition) is 3. The van der Waals surface area contributed by atoms with Gasteiger partial charge in [-0.1, -0.05) is 23.7 Å². The Labute approximate surface area is 122 Å². The highest BCUT2D eigenvalue weighted by molar-refractivity contribution is 6.30. The van der Waals surface area contributed by atoms with Crippen LogP contribution in [0.3, 0.4) is 0 Å². The summed E-state index contributed by atoms with van der Waals surface area (Å²) in [5.74, 6) is 0. The van der Waals surface area contributed by atoms with Crippen molar-refractivity contribution >= 4 is 34.7 Å². The molecule has 104 valence electrons. The van der Waals surface area contributed by atoms with Crippen LogP contribution in [0.15, 0.2) is 36.4 Å². The smallest absolute Gasteiger partial charge is 0.323 e. The lowest BCUT2D eigenvalue weighted by molar-refractivity contribution is 0.262. The minimum atomic E-state index is -0.330. The molecule has 2 rings (SSSR count). The van der Waals surface area contributed by atoms with Gasteiger partial charge in [0, 0.05) is 16.4 Å². The summed E-state index contributed by atoms with van der Waals surface area (Å²) in [4.78, 5) is 12.0. The molecule has 2 aromatic carbocycles. The molecule has 0 heterocycles. The molecule has 0 atom stereocenters. The van der Waals surface area contributed by atoms with Crippen LogP contribution in [0, 0.1) is 13.8 Å². The van der Waals surface area contributed by atoms with E-state index in [2.05, 4.69) is 10.6 Å². The molecule has 0 saturated heterocycles. The highest BCUT2D eigenvalue weighted by Crippen LogP contribution is 2.25. The molecule has 0 saturated carbocycles. The second kappa shape index (κ2) is 5.84. The van der Waals surface area contributed by atoms with Crippen molar-refractivity contribution in [1.29, 1.82) is 0 Å². The van der Waals surface area contributed by atoms with E-state index in [4.69, 9.17) is 17.3 Å². The van der Waals surface area contributed by atoms with Crippen LogP contribution in [-0.2, 0) is 0 Å². The first-order valence-corrected chi connectivity index (χ1v) is 6.54. The van der Waals surface area contributed by atoms with Gasteiger partial charge in [0.05, 0.1) is 5.69 Å². The maximum Gasteiger partial charge on any atom is 0.323 e. The first-order chi connectivity index (χ1) is 9.47. The van der Waals surface area contributed by atoms with Crippen molar-refractivity contribution in [1.82, 2.24) is 0 Å². The maximum absolute atomic E-state index is 12.0. The average Bonchev–Trinajstić information content (AvgIpc) is 2.39. The lowest BCUT2D eigenvalue weighted by Crippen LogP contribution is -2.20. The number of nitrogen functional groups attached to an aromatic ring is 1. The van der Waals surface area contributed by atoms with E-state index < -0.39 is 0 Å². The molecule has 4 N–H and O–H groups in total. The monoisotopic (exact) mass is 289 g/mol. The van der Waals surface area contributed by atoms with Crippen molar-refractivity contribution in [2.75, 3.05) is 16.4 Å². The zero-order valence-corrected chi connectivity index (χ0v) is 12.1. The summed E-state index contributed by atoms with van der Waals surface area (Å²) in [6.45, 7) is 3.79. The summed E-state index contributed by atoms with van der Waals surface area (Å²) in [7, 11) is 0. The molecule has 0 bridgehead atoms. The SMILES string of the molecule is Cc1ccc(N)c(C)c1NC(=O)Nc1cccc(Cl)c1. The van der Waals surface area contributed by atoms with Gasteiger partial charge in [0.1, 0.15) is 0 Å². The molecule has 0 spiro atoms. The zero-order valence-electron chi connectivity index (χ0n) is 11.3. The number of benzene rings is 2. The van der Waals surface area contributed by atoms with Crippen molar-refractivity contribution in [3.05, 3.63) is 52.5 Å². The van der Waals surface area contributed by atoms with Crippen LogP contribution in [-0.4, -0.2) is 6.03 Å². The van der Waals surface area contributed by atoms with Gasteiger partial charge in [-0.25, -0.2) is 4.79 Å². The number of rotatable bonds is 2. The third-order valence-electron chi connectivity index (χ3n) is 3.04. The second-order valence-corrected chi connectivity index (χ2v) is 5.00. The molecule has 0 fully saturated rings. The van der Waals surface area contributed by atoms with Gasteiger partial charge in [0.2, 0.25) is 0 Å². The summed E-state index contributed by atoms with van der Waals surface area (Å²) >= 11 is 5.87. The third kappa shape index (κ3) is 3.22. The van der Waals surface area contributed by atoms with E-state index >= 15 is 0 Å². The Morgan fingerprint density at radius 2 is 1.90 bits per heavy atom. The third-order valence-corrected chi connectivity index (χ3v) is 3.27. The van der Waals surface area contributed by atoms with E-state index in [-0.39, 0.29) is 6.03 Å². The van der Waals surface area contributed by atoms with Crippen LogP contribution in [0.5, 0.6) is 0 Å². The first kappa shape index (κ1) is 14.2. The molecule has 2 amide bonds. The number of nitrogens with two attached hydrogens (primary N) is 1. The number of amides is 2. The minimum Gasteiger partial charge on any atom is -0.398 e. The van der Waals surface area contributed by atoms with Crippen molar-refractivity contribution in [3.8, 4) is 0 Å². The predicted octanol–water partition coefficient (Wildman–Crippen LogP) is 4.18. The fourth-order valence-electron chi connectivity index (χ4n) is 1.90. The van der Waals surface area contributed by atoms with Gasteiger partial charge in [0.15, 0.2) is 0 Å². The van der Waals surface area contributed by atoms with Gasteiger partial charge in [-0.15, -0.1) is 0 Å². The van der Waals surface area contributed by atoms with E-state index in [1.165, 1.54) is 0 Å². The quantitative estimate of drug-likeness (QED) is 0.726. The molecule has 0 unspecified atom stereocenters. The average molecular weight is 290 g/mol. The summed E-state index contributed by atoms with van der Waals surface area (Å²) in [6.07, 6.45) is 0. The van der Waals surface area contributed by atoms with Crippen molar-refractivity contribution < 1.29 is 4.79 Å². The van der Waals surface area contributed by atoms with Crippen LogP contribution in [0.4, 0.5) is 21.9 Å². The summed E-state index contributed by atoms with van der Waals surface area (Å²) in [5.41, 5.74) is 9.66. The Morgan fingerprint density at radius 3 is 2.60 bits per heavy atom. The van der Waals surface area contributed by atoms with Gasteiger partial charge in [-0.3, -0.25) is 0 Å². The molecule has 0 aliphatic heterocycles. The molecular weight excluding hydrogens is 274 g/mol. The van der Waals surface area contributed by atoms with Gasteiger partial charge in [0.25, 0.3) is 0 Å². The topological polar surface area (TPSA) is 67.1 Å². The maximum atomic E-state index is 12.0. The number of nitrogens with one attached hydrogen (secondary N) is 2. The largest absolute Gasteiger partial charge is 0.398 e. The standard InChI is InChI=1S/C15H16ClN3O/c1-9-6-7-13(17)10(2)14(9)19-15(20)18-12-5-3-4-11(16)8-12/h3-8H,17H2,1-2H3,(H2,18,19,20). The highest BCUT2D eigenvalue weighted by Gasteiger charge is 2.09. The lowest BCUT2D eigenvalue weighted by atomic mass is 10.1. The summed E-state index contributed by atoms with van der Waals surface area (Å²) in [6, 6.07) is 10.3. The van der Waals surface area contributed by atoms with E-state index in [1.807, 2.05) is 26.0 Å². The van der Waals surface area contributed by atoms with Crippen molar-refractivity contribution in [2.45, 2.75) is 13.8 Å². The Morgan fingerprint density at radius 1 is 1.15 bits per heavy atom. The van der Waals surface area contributed by atoms with Gasteiger partial charge in [-0.2, -0.15) is 0 Å². The number of hydrogen-bond acceptors (Lipinski definition) is 2. The van der Waals surface area contributed by atoms with Crippen molar-refractivity contribution in [3.63, 3.8) is 0 Å². The van der Waals surface area contributed by atoms with E-state index in [0.717, 1.165) is 16.8 Å². The Balaban J connectivity index is 2.15. The second-order valence-electron chi connectivity index (χ2n) is 4.56. The molecular formula is C15H16ClN3O. The number of aryl methyl sites for hydroxylation is 1. The Bertz CT molecular complexity index is 656. The predicted molar refractivity (Wildman–Crippen MR) is 84.4 cm³/mol. The number of anilines is 3. The fraction of sp³-hybridized carbons (Fsp3) is 0.133. The molecule has 0 aliphatic rings. The first-order valence-electron chi connectivity index (χ1n) is 6.16. The van der Waals surface area contributed by atoms with E-state index in [1.54, 1.807) is 24.3 Å². The van der Waals surface area contributed by atoms with Crippen molar-refractivity contribution in [2.24, 2.45) is 0 Å². The number of urea groups is 1. The summed E-state index contributed by atoms with van der Waals surface area (Å²) in [5, 5.41) is 6.11. The number of carbonyl (C=O) groups is 1. The normalized spacial score (nSPS) is 10.2. The molecule has 4 nitrogen and oxygen atoms in total. The van der Waals surface area contributed by atoms with Crippen LogP contribution in [0.1, 0.15) is 11.1 Å². The zero-order chi connectivity index (χ0) is 14.7. The van der Waals surface area contributed by atoms with Gasteiger partial charge < -0.3 is 16.4 Å². The number of carbonyl (C=O) groups excluding carboxylic acids is 1. The van der Waals surface area contributed by atoms with Crippen LogP contribution >= 0.6 is 11.6 Å². The fourth-order valence-corrected chi connectivity index (χ4v) is 2.09. The van der Waals surface area contributed by atoms with E-state index in [9.17, 15) is 4.79 Å². The van der Waals surface area contributed by atoms with Crippen LogP contribution in [0.25, 0.3) is 0 Å². The van der Waals surface area contributed by atoms with Crippen LogP contribution < -0.4 is 16.4 Å². The molecule has 0 aliphatic carbocycles. The van der Waals surface area contributed by atoms with Crippen LogP contribution in [0.2, 0.25) is 5.02 Å². The molecule has 20 heavy (non-hydrogen) atoms. The van der Waals surface area contributed by atoms with E-state index in [0.29, 0.717) is 16.4 Å². The Kier molecular flexibility index (Phi) is 4.15. The minimum absolute atomic E-state index is 0.330.